The average Bonchev–Trinajstić information content (AvgIpc) is 3.03. The molecule has 0 aliphatic carbocycles. The maximum Gasteiger partial charge on any atom is 0.290 e. The number of carbonyl (C=O) groups excluding carboxylic acids is 1. The van der Waals surface area contributed by atoms with Crippen molar-refractivity contribution in [2.24, 2.45) is 4.99 Å². The average molecular weight is 425 g/mol. The first kappa shape index (κ1) is 15.1. The van der Waals surface area contributed by atoms with Crippen molar-refractivity contribution in [3.05, 3.63) is 74.8 Å². The van der Waals surface area contributed by atoms with Crippen LogP contribution in [-0.2, 0) is 6.54 Å². The molecule has 0 radical (unpaired) electrons. The summed E-state index contributed by atoms with van der Waals surface area (Å²) < 4.78 is 51.7. The van der Waals surface area contributed by atoms with E-state index in [-0.39, 0.29) is 39.4 Å². The first-order valence-corrected chi connectivity index (χ1v) is 8.58. The molecule has 10 heteroatoms. The first-order valence-electron chi connectivity index (χ1n) is 9.33. The number of nitrogens with zero attached hydrogens (tertiary/aromatic N) is 4. The van der Waals surface area contributed by atoms with E-state index in [1.54, 1.807) is 5.32 Å². The molecule has 1 N–H and O–H groups in total. The molecule has 2 aromatic carbocycles. The lowest BCUT2D eigenvalue weighted by molar-refractivity contribution is 0.0953. The molecule has 0 spiro atoms. The van der Waals surface area contributed by atoms with Crippen molar-refractivity contribution in [2.45, 2.75) is 6.54 Å². The highest BCUT2D eigenvalue weighted by Crippen LogP contribution is 2.35. The van der Waals surface area contributed by atoms with E-state index in [1.807, 2.05) is 0 Å². The normalized spacial score (nSPS) is 14.7. The molecule has 1 aromatic heterocycles. The van der Waals surface area contributed by atoms with Gasteiger partial charge in [-0.25, -0.2) is 18.4 Å². The van der Waals surface area contributed by atoms with E-state index in [1.165, 1.54) is 22.9 Å². The minimum atomic E-state index is -2.73. The third kappa shape index (κ3) is 2.85. The smallest absolute Gasteiger partial charge is 0.290 e. The van der Waals surface area contributed by atoms with Crippen LogP contribution in [0.2, 0.25) is 10.0 Å². The van der Waals surface area contributed by atoms with Gasteiger partial charge in [0.15, 0.2) is 5.82 Å². The van der Waals surface area contributed by atoms with Gasteiger partial charge in [-0.3, -0.25) is 9.79 Å². The number of aliphatic imine (C=N–C) groups is 1. The first-order chi connectivity index (χ1) is 14.6. The highest BCUT2D eigenvalue weighted by Gasteiger charge is 2.29. The van der Waals surface area contributed by atoms with Crippen molar-refractivity contribution in [1.29, 1.82) is 0 Å². The molecular formula is C18H11Cl2F2N5O. The summed E-state index contributed by atoms with van der Waals surface area (Å²) in [6.07, 6.45) is 0. The highest BCUT2D eigenvalue weighted by atomic mass is 35.5. The molecule has 3 aromatic rings. The molecule has 0 saturated heterocycles. The second-order valence-electron chi connectivity index (χ2n) is 5.73. The van der Waals surface area contributed by atoms with E-state index < -0.39 is 35.9 Å². The molecule has 0 unspecified atom stereocenters. The number of benzene rings is 2. The van der Waals surface area contributed by atoms with Gasteiger partial charge in [-0.2, -0.15) is 0 Å². The quantitative estimate of drug-likeness (QED) is 0.683. The van der Waals surface area contributed by atoms with Gasteiger partial charge in [0.25, 0.3) is 5.91 Å². The number of aromatic nitrogens is 3. The third-order valence-electron chi connectivity index (χ3n) is 4.11. The third-order valence-corrected chi connectivity index (χ3v) is 4.91. The summed E-state index contributed by atoms with van der Waals surface area (Å²) >= 11 is 12.5. The number of nitrogens with one attached hydrogen (secondary N) is 1. The monoisotopic (exact) mass is 424 g/mol. The number of amides is 1. The lowest BCUT2D eigenvalue weighted by Crippen LogP contribution is -2.20. The Kier molecular flexibility index (Phi) is 3.76. The lowest BCUT2D eigenvalue weighted by Gasteiger charge is -2.14. The summed E-state index contributed by atoms with van der Waals surface area (Å²) in [4.78, 5) is 20.5. The number of carbonyl (C=O) groups is 1. The molecule has 142 valence electrons. The van der Waals surface area contributed by atoms with Crippen LogP contribution in [0.25, 0.3) is 5.69 Å². The predicted octanol–water partition coefficient (Wildman–Crippen LogP) is 3.56. The molecule has 1 aliphatic rings. The summed E-state index contributed by atoms with van der Waals surface area (Å²) in [5, 5.41) is 5.93. The fourth-order valence-corrected chi connectivity index (χ4v) is 3.30. The van der Waals surface area contributed by atoms with Crippen LogP contribution in [0.3, 0.4) is 0 Å². The number of hydrogen-bond acceptors (Lipinski definition) is 4. The van der Waals surface area contributed by atoms with Crippen LogP contribution in [0.1, 0.15) is 31.7 Å². The van der Waals surface area contributed by atoms with Gasteiger partial charge in [-0.15, -0.1) is 5.10 Å². The number of halogens is 4. The van der Waals surface area contributed by atoms with Gasteiger partial charge < -0.3 is 5.32 Å². The largest absolute Gasteiger partial charge is 0.352 e. The van der Waals surface area contributed by atoms with Gasteiger partial charge >= 0.3 is 0 Å². The molecule has 0 saturated carbocycles. The molecular weight excluding hydrogens is 411 g/mol. The Balaban J connectivity index is 1.92. The Morgan fingerprint density at radius 3 is 2.68 bits per heavy atom. The summed E-state index contributed by atoms with van der Waals surface area (Å²) in [6.45, 7) is -2.96. The highest BCUT2D eigenvalue weighted by molar-refractivity contribution is 6.45. The van der Waals surface area contributed by atoms with Gasteiger partial charge in [0.05, 0.1) is 33.6 Å². The van der Waals surface area contributed by atoms with E-state index in [0.29, 0.717) is 0 Å². The van der Waals surface area contributed by atoms with Crippen molar-refractivity contribution in [3.63, 3.8) is 0 Å². The second kappa shape index (κ2) is 6.96. The van der Waals surface area contributed by atoms with Gasteiger partial charge in [0.1, 0.15) is 11.6 Å². The molecule has 2 heterocycles. The van der Waals surface area contributed by atoms with Crippen molar-refractivity contribution in [3.8, 4) is 5.69 Å². The minimum Gasteiger partial charge on any atom is -0.352 e. The van der Waals surface area contributed by atoms with E-state index in [4.69, 9.17) is 27.3 Å². The molecule has 1 amide bonds. The van der Waals surface area contributed by atoms with Crippen molar-refractivity contribution in [2.75, 3.05) is 6.98 Å². The summed E-state index contributed by atoms with van der Waals surface area (Å²) in [5.74, 6) is -3.02. The summed E-state index contributed by atoms with van der Waals surface area (Å²) in [5.41, 5.74) is -0.203. The van der Waals surface area contributed by atoms with Gasteiger partial charge in [0, 0.05) is 16.7 Å². The summed E-state index contributed by atoms with van der Waals surface area (Å²) in [7, 11) is 0. The number of rotatable bonds is 2. The zero-order valence-electron chi connectivity index (χ0n) is 16.8. The Morgan fingerprint density at radius 1 is 1.21 bits per heavy atom. The van der Waals surface area contributed by atoms with Gasteiger partial charge in [0.2, 0.25) is 5.82 Å². The van der Waals surface area contributed by atoms with E-state index in [0.717, 1.165) is 12.1 Å². The van der Waals surface area contributed by atoms with E-state index in [9.17, 15) is 13.6 Å². The predicted molar refractivity (Wildman–Crippen MR) is 100 cm³/mol. The number of fused-ring (bicyclic) bond motifs is 3. The molecule has 0 fully saturated rings. The van der Waals surface area contributed by atoms with Crippen LogP contribution >= 0.6 is 23.2 Å². The number of hydrogen-bond donors (Lipinski definition) is 1. The fraction of sp³-hybridized carbons (Fsp3) is 0.111. The minimum absolute atomic E-state index is 0.0302. The van der Waals surface area contributed by atoms with Crippen LogP contribution in [0.15, 0.2) is 35.3 Å². The van der Waals surface area contributed by atoms with Crippen molar-refractivity contribution in [1.82, 2.24) is 20.1 Å². The standard InChI is InChI=1S/C18H11Cl2F2N5O/c1-23-18(28)17-25-12-7-24-16(13-9(21)3-2-4-10(13)22)14-11(27(12)26-17)6-5-8(19)15(14)20/h2-6H,7H2,1H3,(H,23,28)/i1D3. The molecule has 0 atom stereocenters. The molecule has 6 nitrogen and oxygen atoms in total. The molecule has 28 heavy (non-hydrogen) atoms. The lowest BCUT2D eigenvalue weighted by atomic mass is 9.99. The maximum atomic E-state index is 14.5. The van der Waals surface area contributed by atoms with Crippen molar-refractivity contribution >= 4 is 34.8 Å². The van der Waals surface area contributed by atoms with Crippen LogP contribution in [0.4, 0.5) is 8.78 Å². The van der Waals surface area contributed by atoms with Gasteiger partial charge in [-0.1, -0.05) is 29.3 Å². The Labute approximate surface area is 172 Å². The van der Waals surface area contributed by atoms with E-state index in [2.05, 4.69) is 15.1 Å². The van der Waals surface area contributed by atoms with Crippen molar-refractivity contribution < 1.29 is 17.7 Å². The maximum absolute atomic E-state index is 14.5. The molecule has 4 rings (SSSR count). The second-order valence-corrected chi connectivity index (χ2v) is 6.52. The molecule has 1 aliphatic heterocycles. The molecule has 0 bridgehead atoms. The van der Waals surface area contributed by atoms with Gasteiger partial charge in [-0.05, 0) is 24.3 Å². The van der Waals surface area contributed by atoms with Crippen LogP contribution in [-0.4, -0.2) is 33.4 Å². The Hall–Kier alpha value is -2.84. The zero-order valence-corrected chi connectivity index (χ0v) is 15.3. The Bertz CT molecular complexity index is 1240. The topological polar surface area (TPSA) is 72.2 Å². The summed E-state index contributed by atoms with van der Waals surface area (Å²) in [6, 6.07) is 6.30. The van der Waals surface area contributed by atoms with Crippen LogP contribution < -0.4 is 5.32 Å². The SMILES string of the molecule is [2H]C([2H])([2H])NC(=O)c1nc2n(n1)-c1ccc(Cl)c(Cl)c1C(c1c(F)cccc1F)=NC2. The van der Waals surface area contributed by atoms with Crippen LogP contribution in [0.5, 0.6) is 0 Å². The fourth-order valence-electron chi connectivity index (χ4n) is 2.89. The zero-order chi connectivity index (χ0) is 22.5. The van der Waals surface area contributed by atoms with E-state index >= 15 is 0 Å². The Morgan fingerprint density at radius 2 is 1.96 bits per heavy atom. The van der Waals surface area contributed by atoms with Crippen LogP contribution in [0, 0.1) is 11.6 Å².